The Hall–Kier alpha value is -2.80. The van der Waals surface area contributed by atoms with Gasteiger partial charge in [0, 0.05) is 10.8 Å². The highest BCUT2D eigenvalue weighted by molar-refractivity contribution is 6.16. The SMILES string of the molecule is CC(C)(C)c1c2ccccc2cc2oc3cc4ccccc4cc3c12. The molecule has 0 radical (unpaired) electrons. The van der Waals surface area contributed by atoms with Gasteiger partial charge in [-0.2, -0.15) is 0 Å². The van der Waals surface area contributed by atoms with Crippen LogP contribution in [0.2, 0.25) is 0 Å². The van der Waals surface area contributed by atoms with E-state index in [0.29, 0.717) is 0 Å². The van der Waals surface area contributed by atoms with Crippen LogP contribution in [0.1, 0.15) is 26.3 Å². The summed E-state index contributed by atoms with van der Waals surface area (Å²) in [5, 5.41) is 7.50. The fraction of sp³-hybridized carbons (Fsp3) is 0.167. The van der Waals surface area contributed by atoms with Gasteiger partial charge in [0.2, 0.25) is 0 Å². The highest BCUT2D eigenvalue weighted by atomic mass is 16.3. The first-order chi connectivity index (χ1) is 12.0. The Labute approximate surface area is 146 Å². The average Bonchev–Trinajstić information content (AvgIpc) is 2.93. The van der Waals surface area contributed by atoms with Gasteiger partial charge in [-0.1, -0.05) is 69.3 Å². The first-order valence-electron chi connectivity index (χ1n) is 8.79. The van der Waals surface area contributed by atoms with E-state index in [1.165, 1.54) is 37.9 Å². The van der Waals surface area contributed by atoms with Crippen LogP contribution in [0.15, 0.2) is 71.1 Å². The average molecular weight is 324 g/mol. The lowest BCUT2D eigenvalue weighted by molar-refractivity contribution is 0.600. The maximum atomic E-state index is 6.30. The summed E-state index contributed by atoms with van der Waals surface area (Å²) in [6, 6.07) is 23.7. The molecule has 0 aliphatic carbocycles. The van der Waals surface area contributed by atoms with Crippen molar-refractivity contribution in [2.45, 2.75) is 26.2 Å². The Morgan fingerprint density at radius 2 is 1.24 bits per heavy atom. The molecular formula is C24H20O. The fourth-order valence-electron chi connectivity index (χ4n) is 4.07. The molecule has 1 heterocycles. The van der Waals surface area contributed by atoms with Crippen molar-refractivity contribution in [3.8, 4) is 0 Å². The molecule has 0 unspecified atom stereocenters. The molecule has 5 aromatic rings. The summed E-state index contributed by atoms with van der Waals surface area (Å²) in [5.74, 6) is 0. The monoisotopic (exact) mass is 324 g/mol. The lowest BCUT2D eigenvalue weighted by Crippen LogP contribution is -2.12. The Morgan fingerprint density at radius 1 is 0.640 bits per heavy atom. The van der Waals surface area contributed by atoms with E-state index in [-0.39, 0.29) is 5.41 Å². The van der Waals surface area contributed by atoms with Crippen LogP contribution in [0.4, 0.5) is 0 Å². The Balaban J connectivity index is 2.07. The summed E-state index contributed by atoms with van der Waals surface area (Å²) < 4.78 is 6.30. The van der Waals surface area contributed by atoms with Crippen molar-refractivity contribution in [1.82, 2.24) is 0 Å². The van der Waals surface area contributed by atoms with Crippen LogP contribution in [0.25, 0.3) is 43.5 Å². The van der Waals surface area contributed by atoms with Gasteiger partial charge >= 0.3 is 0 Å². The molecule has 0 saturated carbocycles. The molecule has 0 fully saturated rings. The smallest absolute Gasteiger partial charge is 0.136 e. The van der Waals surface area contributed by atoms with E-state index in [2.05, 4.69) is 87.5 Å². The minimum absolute atomic E-state index is 0.0293. The third-order valence-electron chi connectivity index (χ3n) is 5.10. The summed E-state index contributed by atoms with van der Waals surface area (Å²) in [6.45, 7) is 6.86. The van der Waals surface area contributed by atoms with Crippen molar-refractivity contribution < 1.29 is 4.42 Å². The zero-order chi connectivity index (χ0) is 17.2. The van der Waals surface area contributed by atoms with E-state index in [9.17, 15) is 0 Å². The fourth-order valence-corrected chi connectivity index (χ4v) is 4.07. The number of hydrogen-bond acceptors (Lipinski definition) is 1. The van der Waals surface area contributed by atoms with Crippen molar-refractivity contribution >= 4 is 43.5 Å². The van der Waals surface area contributed by atoms with Crippen LogP contribution in [-0.2, 0) is 5.41 Å². The second kappa shape index (κ2) is 4.86. The van der Waals surface area contributed by atoms with Crippen molar-refractivity contribution in [2.24, 2.45) is 0 Å². The zero-order valence-corrected chi connectivity index (χ0v) is 14.8. The van der Waals surface area contributed by atoms with Crippen molar-refractivity contribution in [1.29, 1.82) is 0 Å². The first-order valence-corrected chi connectivity index (χ1v) is 8.79. The third kappa shape index (κ3) is 2.09. The van der Waals surface area contributed by atoms with Crippen LogP contribution in [0.5, 0.6) is 0 Å². The first kappa shape index (κ1) is 14.5. The van der Waals surface area contributed by atoms with Gasteiger partial charge in [-0.05, 0) is 50.7 Å². The summed E-state index contributed by atoms with van der Waals surface area (Å²) in [4.78, 5) is 0. The normalized spacial score (nSPS) is 12.6. The van der Waals surface area contributed by atoms with Gasteiger partial charge in [-0.3, -0.25) is 0 Å². The summed E-state index contributed by atoms with van der Waals surface area (Å²) >= 11 is 0. The maximum Gasteiger partial charge on any atom is 0.136 e. The van der Waals surface area contributed by atoms with Gasteiger partial charge in [0.1, 0.15) is 11.2 Å². The van der Waals surface area contributed by atoms with Crippen LogP contribution in [-0.4, -0.2) is 0 Å². The molecule has 0 aliphatic rings. The predicted molar refractivity (Wildman–Crippen MR) is 107 cm³/mol. The van der Waals surface area contributed by atoms with E-state index in [0.717, 1.165) is 11.2 Å². The van der Waals surface area contributed by atoms with Crippen molar-refractivity contribution in [2.75, 3.05) is 0 Å². The molecule has 4 aromatic carbocycles. The zero-order valence-electron chi connectivity index (χ0n) is 14.8. The largest absolute Gasteiger partial charge is 0.456 e. The van der Waals surface area contributed by atoms with E-state index in [1.54, 1.807) is 0 Å². The number of hydrogen-bond donors (Lipinski definition) is 0. The molecule has 0 atom stereocenters. The van der Waals surface area contributed by atoms with Gasteiger partial charge < -0.3 is 4.42 Å². The molecule has 25 heavy (non-hydrogen) atoms. The van der Waals surface area contributed by atoms with E-state index >= 15 is 0 Å². The van der Waals surface area contributed by atoms with Crippen molar-refractivity contribution in [3.63, 3.8) is 0 Å². The lowest BCUT2D eigenvalue weighted by Gasteiger charge is -2.22. The Kier molecular flexibility index (Phi) is 2.82. The van der Waals surface area contributed by atoms with Gasteiger partial charge in [0.15, 0.2) is 0 Å². The maximum absolute atomic E-state index is 6.30. The van der Waals surface area contributed by atoms with Gasteiger partial charge in [-0.25, -0.2) is 0 Å². The second-order valence-corrected chi connectivity index (χ2v) is 7.89. The molecule has 0 spiro atoms. The molecule has 0 N–H and O–H groups in total. The lowest BCUT2D eigenvalue weighted by atomic mass is 9.81. The number of furan rings is 1. The van der Waals surface area contributed by atoms with E-state index in [4.69, 9.17) is 4.42 Å². The second-order valence-electron chi connectivity index (χ2n) is 7.89. The number of benzene rings is 4. The standard InChI is InChI=1S/C24H20O/c1-24(2,3)23-18-11-7-6-10-17(18)14-21-22(23)19-12-15-8-4-5-9-16(15)13-20(19)25-21/h4-14H,1-3H3. The van der Waals surface area contributed by atoms with E-state index < -0.39 is 0 Å². The molecule has 5 rings (SSSR count). The van der Waals surface area contributed by atoms with E-state index in [1.807, 2.05) is 0 Å². The summed E-state index contributed by atoms with van der Waals surface area (Å²) in [5.41, 5.74) is 3.35. The summed E-state index contributed by atoms with van der Waals surface area (Å²) in [7, 11) is 0. The van der Waals surface area contributed by atoms with Crippen LogP contribution < -0.4 is 0 Å². The molecule has 1 nitrogen and oxygen atoms in total. The number of rotatable bonds is 0. The molecule has 0 amide bonds. The molecule has 0 saturated heterocycles. The molecule has 1 aromatic heterocycles. The molecule has 1 heteroatoms. The molecule has 0 bridgehead atoms. The molecule has 122 valence electrons. The van der Waals surface area contributed by atoms with Gasteiger partial charge in [-0.15, -0.1) is 0 Å². The Morgan fingerprint density at radius 3 is 1.96 bits per heavy atom. The minimum atomic E-state index is 0.0293. The van der Waals surface area contributed by atoms with Crippen LogP contribution >= 0.6 is 0 Å². The quantitative estimate of drug-likeness (QED) is 0.294. The predicted octanol–water partition coefficient (Wildman–Crippen LogP) is 7.19. The molecular weight excluding hydrogens is 304 g/mol. The molecule has 0 aliphatic heterocycles. The highest BCUT2D eigenvalue weighted by Crippen LogP contribution is 2.42. The minimum Gasteiger partial charge on any atom is -0.456 e. The van der Waals surface area contributed by atoms with Gasteiger partial charge in [0.05, 0.1) is 0 Å². The van der Waals surface area contributed by atoms with Gasteiger partial charge in [0.25, 0.3) is 0 Å². The number of fused-ring (bicyclic) bond motifs is 5. The third-order valence-corrected chi connectivity index (χ3v) is 5.10. The highest BCUT2D eigenvalue weighted by Gasteiger charge is 2.24. The van der Waals surface area contributed by atoms with Crippen LogP contribution in [0.3, 0.4) is 0 Å². The summed E-state index contributed by atoms with van der Waals surface area (Å²) in [6.07, 6.45) is 0. The van der Waals surface area contributed by atoms with Crippen molar-refractivity contribution in [3.05, 3.63) is 72.3 Å². The topological polar surface area (TPSA) is 13.1 Å². The Bertz CT molecular complexity index is 1270. The van der Waals surface area contributed by atoms with Crippen LogP contribution in [0, 0.1) is 0 Å².